The van der Waals surface area contributed by atoms with Crippen molar-refractivity contribution in [2.45, 2.75) is 119 Å². The van der Waals surface area contributed by atoms with Gasteiger partial charge >= 0.3 is 5.97 Å². The Morgan fingerprint density at radius 3 is 2.41 bits per heavy atom. The van der Waals surface area contributed by atoms with Crippen molar-refractivity contribution >= 4 is 27.3 Å². The van der Waals surface area contributed by atoms with Crippen LogP contribution < -0.4 is 5.32 Å². The highest BCUT2D eigenvalue weighted by atomic mass is 32.2. The van der Waals surface area contributed by atoms with Gasteiger partial charge in [0.15, 0.2) is 9.84 Å². The van der Waals surface area contributed by atoms with Gasteiger partial charge in [0.05, 0.1) is 22.5 Å². The Morgan fingerprint density at radius 2 is 1.76 bits per heavy atom. The van der Waals surface area contributed by atoms with Crippen molar-refractivity contribution in [3.8, 4) is 0 Å². The molecule has 3 saturated carbocycles. The third kappa shape index (κ3) is 7.51. The number of carboxylic acids is 1. The molecule has 8 atom stereocenters. The van der Waals surface area contributed by atoms with Gasteiger partial charge in [-0.05, 0) is 141 Å². The zero-order chi connectivity index (χ0) is 39.3. The van der Waals surface area contributed by atoms with Crippen molar-refractivity contribution in [1.29, 1.82) is 0 Å². The minimum atomic E-state index is -2.91. The molecule has 0 bridgehead atoms. The lowest BCUT2D eigenvalue weighted by Gasteiger charge is -2.58. The van der Waals surface area contributed by atoms with Gasteiger partial charge in [0.2, 0.25) is 5.91 Å². The maximum absolute atomic E-state index is 15.5. The number of carbonyl (C=O) groups is 2. The van der Waals surface area contributed by atoms with Crippen molar-refractivity contribution < 1.29 is 27.5 Å². The minimum absolute atomic E-state index is 0.0264. The molecular formula is C45H67FN2O5S. The van der Waals surface area contributed by atoms with Crippen LogP contribution in [0, 0.1) is 57.1 Å². The summed E-state index contributed by atoms with van der Waals surface area (Å²) in [6.45, 7) is 21.1. The van der Waals surface area contributed by atoms with Crippen molar-refractivity contribution in [1.82, 2.24) is 10.2 Å². The summed E-state index contributed by atoms with van der Waals surface area (Å²) in [5.74, 6) is 1.00. The number of carbonyl (C=O) groups excluding carboxylic acids is 1. The van der Waals surface area contributed by atoms with Crippen LogP contribution in [-0.2, 0) is 14.6 Å². The predicted molar refractivity (Wildman–Crippen MR) is 215 cm³/mol. The van der Waals surface area contributed by atoms with Crippen LogP contribution in [0.2, 0.25) is 0 Å². The monoisotopic (exact) mass is 766 g/mol. The number of benzene rings is 1. The highest BCUT2D eigenvalue weighted by molar-refractivity contribution is 7.91. The van der Waals surface area contributed by atoms with Crippen molar-refractivity contribution in [2.75, 3.05) is 37.7 Å². The van der Waals surface area contributed by atoms with E-state index >= 15 is 4.39 Å². The molecule has 5 aliphatic rings. The first-order valence-electron chi connectivity index (χ1n) is 21.0. The average Bonchev–Trinajstić information content (AvgIpc) is 3.52. The van der Waals surface area contributed by atoms with Crippen LogP contribution in [-0.4, -0.2) is 68.0 Å². The summed E-state index contributed by atoms with van der Waals surface area (Å²) in [5, 5.41) is 12.8. The lowest BCUT2D eigenvalue weighted by atomic mass is 9.46. The smallest absolute Gasteiger partial charge is 0.335 e. The van der Waals surface area contributed by atoms with Crippen molar-refractivity contribution in [3.05, 3.63) is 53.4 Å². The van der Waals surface area contributed by atoms with Gasteiger partial charge in [-0.15, -0.1) is 0 Å². The van der Waals surface area contributed by atoms with Crippen molar-refractivity contribution in [2.24, 2.45) is 51.2 Å². The number of hydrogen-bond acceptors (Lipinski definition) is 5. The second-order valence-corrected chi connectivity index (χ2v) is 21.5. The van der Waals surface area contributed by atoms with Crippen LogP contribution in [0.4, 0.5) is 4.39 Å². The number of halogens is 1. The van der Waals surface area contributed by atoms with Gasteiger partial charge in [-0.1, -0.05) is 71.8 Å². The summed E-state index contributed by atoms with van der Waals surface area (Å²) in [5.41, 5.74) is 2.27. The molecule has 1 amide bonds. The molecule has 0 radical (unpaired) electrons. The molecule has 6 rings (SSSR count). The Kier molecular flexibility index (Phi) is 11.8. The Bertz CT molecular complexity index is 1740. The van der Waals surface area contributed by atoms with E-state index in [9.17, 15) is 23.1 Å². The molecule has 1 aromatic rings. The molecular weight excluding hydrogens is 700 g/mol. The van der Waals surface area contributed by atoms with E-state index < -0.39 is 21.6 Å². The van der Waals surface area contributed by atoms with Gasteiger partial charge in [0.1, 0.15) is 5.82 Å². The Hall–Kier alpha value is -2.52. The zero-order valence-electron chi connectivity index (χ0n) is 33.9. The fourth-order valence-corrected chi connectivity index (χ4v) is 14.0. The van der Waals surface area contributed by atoms with E-state index in [2.05, 4.69) is 64.4 Å². The largest absolute Gasteiger partial charge is 0.478 e. The molecule has 4 aliphatic carbocycles. The van der Waals surface area contributed by atoms with Crippen LogP contribution in [0.25, 0.3) is 5.57 Å². The number of allylic oxidation sites excluding steroid dienone is 3. The van der Waals surface area contributed by atoms with Gasteiger partial charge in [-0.3, -0.25) is 4.79 Å². The molecule has 1 heterocycles. The molecule has 1 aromatic carbocycles. The number of nitrogens with zero attached hydrogens (tertiary/aromatic N) is 1. The summed E-state index contributed by atoms with van der Waals surface area (Å²) in [7, 11) is -2.91. The second kappa shape index (κ2) is 15.4. The zero-order valence-corrected chi connectivity index (χ0v) is 34.8. The number of hydrogen-bond donors (Lipinski definition) is 2. The molecule has 0 spiro atoms. The van der Waals surface area contributed by atoms with Gasteiger partial charge < -0.3 is 15.3 Å². The number of rotatable bonds is 12. The fourth-order valence-electron chi connectivity index (χ4n) is 12.7. The van der Waals surface area contributed by atoms with E-state index in [1.54, 1.807) is 6.07 Å². The third-order valence-electron chi connectivity index (χ3n) is 16.1. The highest BCUT2D eigenvalue weighted by Gasteiger charge is 2.62. The standard InChI is InChI=1S/C45H67FN2O5S/c1-8-43(6)21-22-45(41(51)47-23-10-24-48-25-27-54(52,53)28-26-48)20-17-33(30(2)3)39(45)36(43)16-14-32-11-9-12-38-42(4,5)35(18-19-44(32,38)7)34-15-13-31(40(49)50)29-37(34)46/h13,15,18,29,32-33,36,38-39H,2,8-12,14,16-17,19-28H2,1,3-7H3,(H,47,51)(H,49,50). The number of sulfone groups is 1. The van der Waals surface area contributed by atoms with Crippen LogP contribution in [0.15, 0.2) is 36.4 Å². The molecule has 0 aromatic heterocycles. The van der Waals surface area contributed by atoms with E-state index in [4.69, 9.17) is 0 Å². The predicted octanol–water partition coefficient (Wildman–Crippen LogP) is 9.19. The van der Waals surface area contributed by atoms with E-state index in [1.165, 1.54) is 18.1 Å². The van der Waals surface area contributed by atoms with E-state index in [0.717, 1.165) is 88.8 Å². The first kappa shape index (κ1) is 41.1. The maximum atomic E-state index is 15.5. The number of fused-ring (bicyclic) bond motifs is 2. The normalized spacial score (nSPS) is 36.1. The molecule has 1 saturated heterocycles. The Balaban J connectivity index is 1.20. The van der Waals surface area contributed by atoms with Gasteiger partial charge in [-0.25, -0.2) is 17.6 Å². The summed E-state index contributed by atoms with van der Waals surface area (Å²) in [4.78, 5) is 28.2. The lowest BCUT2D eigenvalue weighted by molar-refractivity contribution is -0.144. The molecule has 4 fully saturated rings. The molecule has 300 valence electrons. The molecule has 8 unspecified atom stereocenters. The van der Waals surface area contributed by atoms with Crippen LogP contribution in [0.3, 0.4) is 0 Å². The van der Waals surface area contributed by atoms with E-state index in [0.29, 0.717) is 48.9 Å². The van der Waals surface area contributed by atoms with E-state index in [-0.39, 0.29) is 50.6 Å². The molecule has 2 N–H and O–H groups in total. The van der Waals surface area contributed by atoms with Crippen molar-refractivity contribution in [3.63, 3.8) is 0 Å². The minimum Gasteiger partial charge on any atom is -0.478 e. The number of carboxylic acid groups (broad SMARTS) is 1. The molecule has 7 nitrogen and oxygen atoms in total. The summed E-state index contributed by atoms with van der Waals surface area (Å²) in [6.07, 6.45) is 14.6. The molecule has 1 aliphatic heterocycles. The number of nitrogens with one attached hydrogen (secondary N) is 1. The second-order valence-electron chi connectivity index (χ2n) is 19.2. The number of amides is 1. The van der Waals surface area contributed by atoms with Crippen LogP contribution in [0.5, 0.6) is 0 Å². The quantitative estimate of drug-likeness (QED) is 0.163. The third-order valence-corrected chi connectivity index (χ3v) is 17.7. The van der Waals surface area contributed by atoms with Gasteiger partial charge in [0.25, 0.3) is 0 Å². The highest BCUT2D eigenvalue weighted by Crippen LogP contribution is 2.67. The van der Waals surface area contributed by atoms with Crippen LogP contribution >= 0.6 is 0 Å². The first-order chi connectivity index (χ1) is 25.4. The summed E-state index contributed by atoms with van der Waals surface area (Å²) < 4.78 is 39.2. The topological polar surface area (TPSA) is 104 Å². The van der Waals surface area contributed by atoms with Crippen LogP contribution in [0.1, 0.15) is 135 Å². The maximum Gasteiger partial charge on any atom is 0.335 e. The molecule has 9 heteroatoms. The first-order valence-corrected chi connectivity index (χ1v) is 22.8. The summed E-state index contributed by atoms with van der Waals surface area (Å²) in [6, 6.07) is 4.35. The molecule has 54 heavy (non-hydrogen) atoms. The van der Waals surface area contributed by atoms with E-state index in [1.807, 2.05) is 0 Å². The van der Waals surface area contributed by atoms with Gasteiger partial charge in [-0.2, -0.15) is 0 Å². The Morgan fingerprint density at radius 1 is 1.04 bits per heavy atom. The Labute approximate surface area is 324 Å². The summed E-state index contributed by atoms with van der Waals surface area (Å²) >= 11 is 0. The SMILES string of the molecule is C=C(C)C1CCC2(C(=O)NCCCN3CCS(=O)(=O)CC3)CCC(C)(CC)C(CCC3CCCC4C(C)(C)C(c5ccc(C(=O)O)cc5F)=CCC34C)C12. The fraction of sp³-hybridized carbons (Fsp3) is 0.733. The van der Waals surface area contributed by atoms with Gasteiger partial charge in [0, 0.05) is 25.2 Å². The lowest BCUT2D eigenvalue weighted by Crippen LogP contribution is -2.54. The number of aromatic carboxylic acids is 1. The average molecular weight is 767 g/mol.